The second-order valence-corrected chi connectivity index (χ2v) is 9.21. The number of carbonyl (C=O) groups excluding carboxylic acids is 1. The van der Waals surface area contributed by atoms with Crippen LogP contribution in [0.3, 0.4) is 0 Å². The van der Waals surface area contributed by atoms with Gasteiger partial charge in [0.2, 0.25) is 5.75 Å². The van der Waals surface area contributed by atoms with Crippen molar-refractivity contribution in [2.45, 2.75) is 57.0 Å². The molecule has 4 rings (SSSR count). The molecule has 1 saturated carbocycles. The van der Waals surface area contributed by atoms with Gasteiger partial charge in [0.25, 0.3) is 5.91 Å². The number of nitrogens with one attached hydrogen (secondary N) is 1. The van der Waals surface area contributed by atoms with Gasteiger partial charge in [0, 0.05) is 12.0 Å². The first kappa shape index (κ1) is 26.5. The lowest BCUT2D eigenvalue weighted by Crippen LogP contribution is -2.57. The minimum atomic E-state index is -4.47. The van der Waals surface area contributed by atoms with Crippen molar-refractivity contribution < 1.29 is 50.9 Å². The minimum Gasteiger partial charge on any atom is -0.489 e. The minimum absolute atomic E-state index is 0.0355. The van der Waals surface area contributed by atoms with Gasteiger partial charge < -0.3 is 24.6 Å². The van der Waals surface area contributed by atoms with Crippen LogP contribution in [-0.2, 0) is 11.2 Å². The van der Waals surface area contributed by atoms with Crippen LogP contribution in [0.25, 0.3) is 0 Å². The van der Waals surface area contributed by atoms with Gasteiger partial charge in [-0.05, 0) is 50.3 Å². The largest absolute Gasteiger partial charge is 0.586 e. The number of alkyl halides is 5. The van der Waals surface area contributed by atoms with Crippen molar-refractivity contribution in [3.63, 3.8) is 0 Å². The number of amides is 1. The molecule has 0 aromatic heterocycles. The highest BCUT2D eigenvalue weighted by molar-refractivity contribution is 5.99. The summed E-state index contributed by atoms with van der Waals surface area (Å²) in [6.07, 6.45) is -9.91. The summed E-state index contributed by atoms with van der Waals surface area (Å²) >= 11 is 0. The van der Waals surface area contributed by atoms with Gasteiger partial charge in [0.1, 0.15) is 5.54 Å². The molecule has 37 heavy (non-hydrogen) atoms. The lowest BCUT2D eigenvalue weighted by Gasteiger charge is -2.37. The number of carbonyl (C=O) groups is 2. The zero-order valence-electron chi connectivity index (χ0n) is 19.7. The van der Waals surface area contributed by atoms with Crippen LogP contribution < -0.4 is 19.5 Å². The molecule has 0 bridgehead atoms. The Balaban J connectivity index is 1.54. The zero-order chi connectivity index (χ0) is 27.0. The summed E-state index contributed by atoms with van der Waals surface area (Å²) in [5.41, 5.74) is -0.272. The molecule has 0 saturated heterocycles. The molecule has 1 heterocycles. The van der Waals surface area contributed by atoms with Crippen LogP contribution in [0.4, 0.5) is 22.0 Å². The molecule has 0 unspecified atom stereocenters. The van der Waals surface area contributed by atoms with Gasteiger partial charge in [-0.2, -0.15) is 13.2 Å². The van der Waals surface area contributed by atoms with Crippen LogP contribution in [-0.4, -0.2) is 41.6 Å². The molecule has 1 aliphatic heterocycles. The lowest BCUT2D eigenvalue weighted by atomic mass is 9.76. The normalized spacial score (nSPS) is 22.4. The molecule has 12 heteroatoms. The van der Waals surface area contributed by atoms with E-state index in [1.54, 1.807) is 0 Å². The number of fused-ring (bicyclic) bond motifs is 1. The van der Waals surface area contributed by atoms with E-state index in [1.807, 2.05) is 31.2 Å². The van der Waals surface area contributed by atoms with Crippen LogP contribution >= 0.6 is 0 Å². The smallest absolute Gasteiger partial charge is 0.489 e. The Hall–Kier alpha value is -3.57. The number of hydrogen-bond donors (Lipinski definition) is 2. The number of rotatable bonds is 7. The van der Waals surface area contributed by atoms with Crippen molar-refractivity contribution in [3.8, 4) is 17.2 Å². The monoisotopic (exact) mass is 529 g/mol. The first-order chi connectivity index (χ1) is 17.3. The van der Waals surface area contributed by atoms with E-state index in [9.17, 15) is 36.6 Å². The standard InChI is InChI=1S/C25H24F5NO6/c1-14-3-2-4-15(11-14)7-10-35-18-12-16(13-19-20(18)37-25(29,30)36-19)21(32)31-23(22(33)34)8-5-17(6-9-23)24(26,27)28/h2-4,11-13,17H,5-10H2,1H3,(H,31,32)(H,33,34)/t17-,23+. The number of aryl methyl sites for hydroxylation is 1. The highest BCUT2D eigenvalue weighted by Crippen LogP contribution is 2.48. The number of benzene rings is 2. The van der Waals surface area contributed by atoms with Crippen LogP contribution in [0.2, 0.25) is 0 Å². The third kappa shape index (κ3) is 5.89. The molecule has 1 aliphatic carbocycles. The van der Waals surface area contributed by atoms with Crippen molar-refractivity contribution >= 4 is 11.9 Å². The molecule has 2 aromatic rings. The third-order valence-corrected chi connectivity index (χ3v) is 6.53. The van der Waals surface area contributed by atoms with Crippen LogP contribution in [0.15, 0.2) is 36.4 Å². The Kier molecular flexibility index (Phi) is 6.95. The Bertz CT molecular complexity index is 1190. The predicted molar refractivity (Wildman–Crippen MR) is 119 cm³/mol. The zero-order valence-corrected chi connectivity index (χ0v) is 19.7. The van der Waals surface area contributed by atoms with E-state index in [1.165, 1.54) is 0 Å². The van der Waals surface area contributed by atoms with Gasteiger partial charge in [-0.1, -0.05) is 29.8 Å². The molecule has 2 N–H and O–H groups in total. The van der Waals surface area contributed by atoms with E-state index in [0.717, 1.165) is 23.3 Å². The van der Waals surface area contributed by atoms with Crippen LogP contribution in [0.1, 0.15) is 47.2 Å². The summed E-state index contributed by atoms with van der Waals surface area (Å²) in [5.74, 6) is -5.28. The Morgan fingerprint density at radius 3 is 2.46 bits per heavy atom. The molecular formula is C25H24F5NO6. The summed E-state index contributed by atoms with van der Waals surface area (Å²) in [6.45, 7) is 1.94. The maximum absolute atomic E-state index is 13.8. The molecule has 7 nitrogen and oxygen atoms in total. The Labute approximate surface area is 208 Å². The van der Waals surface area contributed by atoms with Crippen molar-refractivity contribution in [3.05, 3.63) is 53.1 Å². The van der Waals surface area contributed by atoms with Gasteiger partial charge >= 0.3 is 18.4 Å². The molecule has 0 spiro atoms. The fourth-order valence-electron chi connectivity index (χ4n) is 4.53. The number of aliphatic carboxylic acids is 1. The average Bonchev–Trinajstić information content (AvgIpc) is 3.12. The molecule has 1 fully saturated rings. The molecule has 1 amide bonds. The first-order valence-electron chi connectivity index (χ1n) is 11.5. The number of carboxylic acids is 1. The summed E-state index contributed by atoms with van der Waals surface area (Å²) in [5, 5.41) is 12.0. The number of ether oxygens (including phenoxy) is 3. The molecule has 200 valence electrons. The molecular weight excluding hydrogens is 505 g/mol. The number of hydrogen-bond acceptors (Lipinski definition) is 5. The topological polar surface area (TPSA) is 94.1 Å². The maximum atomic E-state index is 13.8. The van der Waals surface area contributed by atoms with Crippen LogP contribution in [0.5, 0.6) is 17.2 Å². The predicted octanol–water partition coefficient (Wildman–Crippen LogP) is 5.24. The van der Waals surface area contributed by atoms with E-state index in [-0.39, 0.29) is 17.9 Å². The van der Waals surface area contributed by atoms with E-state index < -0.39 is 73.0 Å². The van der Waals surface area contributed by atoms with Crippen molar-refractivity contribution in [2.75, 3.05) is 6.61 Å². The summed E-state index contributed by atoms with van der Waals surface area (Å²) in [6, 6.07) is 9.58. The SMILES string of the molecule is Cc1cccc(CCOc2cc(C(=O)N[C@]3(C(=O)O)CC[C@H](C(F)(F)F)CC3)cc3c2OC(F)(F)O3)c1. The first-order valence-corrected chi connectivity index (χ1v) is 11.5. The molecule has 2 aliphatic rings. The second kappa shape index (κ2) is 9.71. The quantitative estimate of drug-likeness (QED) is 0.477. The average molecular weight is 529 g/mol. The summed E-state index contributed by atoms with van der Waals surface area (Å²) < 4.78 is 81.3. The van der Waals surface area contributed by atoms with Crippen LogP contribution in [0, 0.1) is 12.8 Å². The Morgan fingerprint density at radius 2 is 1.84 bits per heavy atom. The van der Waals surface area contributed by atoms with Gasteiger partial charge in [-0.25, -0.2) is 4.79 Å². The van der Waals surface area contributed by atoms with E-state index >= 15 is 0 Å². The van der Waals surface area contributed by atoms with Crippen molar-refractivity contribution in [2.24, 2.45) is 5.92 Å². The summed E-state index contributed by atoms with van der Waals surface area (Å²) in [7, 11) is 0. The van der Waals surface area contributed by atoms with Gasteiger partial charge in [-0.3, -0.25) is 4.79 Å². The second-order valence-electron chi connectivity index (χ2n) is 9.21. The van der Waals surface area contributed by atoms with Crippen molar-refractivity contribution in [1.29, 1.82) is 0 Å². The van der Waals surface area contributed by atoms with E-state index in [0.29, 0.717) is 6.42 Å². The van der Waals surface area contributed by atoms with Crippen molar-refractivity contribution in [1.82, 2.24) is 5.32 Å². The van der Waals surface area contributed by atoms with E-state index in [2.05, 4.69) is 14.8 Å². The lowest BCUT2D eigenvalue weighted by molar-refractivity contribution is -0.287. The number of carboxylic acid groups (broad SMARTS) is 1. The third-order valence-electron chi connectivity index (χ3n) is 6.53. The molecule has 0 atom stereocenters. The fraction of sp³-hybridized carbons (Fsp3) is 0.440. The maximum Gasteiger partial charge on any atom is 0.586 e. The van der Waals surface area contributed by atoms with Gasteiger partial charge in [0.05, 0.1) is 12.5 Å². The van der Waals surface area contributed by atoms with E-state index in [4.69, 9.17) is 4.74 Å². The summed E-state index contributed by atoms with van der Waals surface area (Å²) in [4.78, 5) is 25.0. The number of halogens is 5. The van der Waals surface area contributed by atoms with Gasteiger partial charge in [0.15, 0.2) is 11.5 Å². The molecule has 0 radical (unpaired) electrons. The highest BCUT2D eigenvalue weighted by atomic mass is 19.4. The highest BCUT2D eigenvalue weighted by Gasteiger charge is 2.50. The fourth-order valence-corrected chi connectivity index (χ4v) is 4.53. The molecule has 2 aromatic carbocycles. The van der Waals surface area contributed by atoms with Gasteiger partial charge in [-0.15, -0.1) is 8.78 Å². The Morgan fingerprint density at radius 1 is 1.14 bits per heavy atom.